The van der Waals surface area contributed by atoms with Gasteiger partial charge in [0.1, 0.15) is 5.76 Å². The van der Waals surface area contributed by atoms with E-state index in [1.165, 1.54) is 0 Å². The first-order valence-electron chi connectivity index (χ1n) is 6.62. The van der Waals surface area contributed by atoms with Crippen LogP contribution in [0.25, 0.3) is 11.5 Å². The fourth-order valence-electron chi connectivity index (χ4n) is 1.73. The fraction of sp³-hybridized carbons (Fsp3) is 0.333. The predicted molar refractivity (Wildman–Crippen MR) is 80.0 cm³/mol. The summed E-state index contributed by atoms with van der Waals surface area (Å²) in [5, 5.41) is 14.5. The minimum Gasteiger partial charge on any atom is -0.441 e. The van der Waals surface area contributed by atoms with Crippen LogP contribution in [0.1, 0.15) is 19.6 Å². The van der Waals surface area contributed by atoms with E-state index in [1.807, 2.05) is 19.1 Å². The van der Waals surface area contributed by atoms with Crippen LogP contribution in [0.15, 0.2) is 34.9 Å². The van der Waals surface area contributed by atoms with Gasteiger partial charge in [-0.2, -0.15) is 0 Å². The summed E-state index contributed by atoms with van der Waals surface area (Å²) in [5.41, 5.74) is 0.721. The summed E-state index contributed by atoms with van der Waals surface area (Å²) < 4.78 is 5.46. The molecule has 0 saturated heterocycles. The zero-order valence-electron chi connectivity index (χ0n) is 12.3. The van der Waals surface area contributed by atoms with Crippen molar-refractivity contribution < 1.29 is 14.3 Å². The second-order valence-electron chi connectivity index (χ2n) is 5.48. The highest BCUT2D eigenvalue weighted by Crippen LogP contribution is 2.22. The molecule has 2 amide bonds. The molecule has 2 aromatic rings. The van der Waals surface area contributed by atoms with Gasteiger partial charge in [0.15, 0.2) is 0 Å². The Morgan fingerprint density at radius 2 is 2.19 bits per heavy atom. The zero-order valence-corrected chi connectivity index (χ0v) is 12.3. The van der Waals surface area contributed by atoms with E-state index in [-0.39, 0.29) is 12.6 Å². The van der Waals surface area contributed by atoms with Gasteiger partial charge in [-0.05, 0) is 39.0 Å². The third-order valence-electron chi connectivity index (χ3n) is 2.84. The number of carbonyl (C=O) groups excluding carboxylic acids is 1. The van der Waals surface area contributed by atoms with Crippen molar-refractivity contribution in [2.24, 2.45) is 0 Å². The van der Waals surface area contributed by atoms with Crippen molar-refractivity contribution in [3.05, 3.63) is 36.2 Å². The number of urea groups is 1. The largest absolute Gasteiger partial charge is 0.441 e. The lowest BCUT2D eigenvalue weighted by molar-refractivity contribution is 0.187. The quantitative estimate of drug-likeness (QED) is 0.807. The van der Waals surface area contributed by atoms with E-state index in [2.05, 4.69) is 15.6 Å². The topological polar surface area (TPSA) is 87.4 Å². The molecule has 3 N–H and O–H groups in total. The van der Waals surface area contributed by atoms with Crippen molar-refractivity contribution in [2.45, 2.75) is 26.3 Å². The number of oxazole rings is 1. The van der Waals surface area contributed by atoms with Crippen LogP contribution in [-0.4, -0.2) is 28.3 Å². The summed E-state index contributed by atoms with van der Waals surface area (Å²) in [6.07, 6.45) is 1.64. The van der Waals surface area contributed by atoms with Crippen LogP contribution in [0, 0.1) is 6.92 Å². The third kappa shape index (κ3) is 4.06. The maximum atomic E-state index is 11.9. The number of aliphatic hydroxyl groups excluding tert-OH is 1. The van der Waals surface area contributed by atoms with Crippen molar-refractivity contribution in [1.82, 2.24) is 10.3 Å². The van der Waals surface area contributed by atoms with Crippen LogP contribution in [0.3, 0.4) is 0 Å². The van der Waals surface area contributed by atoms with Gasteiger partial charge in [-0.15, -0.1) is 0 Å². The molecule has 21 heavy (non-hydrogen) atoms. The summed E-state index contributed by atoms with van der Waals surface area (Å²) in [6.45, 7) is 5.15. The Balaban J connectivity index is 2.10. The Labute approximate surface area is 123 Å². The van der Waals surface area contributed by atoms with E-state index in [0.717, 1.165) is 11.3 Å². The normalized spacial score (nSPS) is 11.2. The number of aryl methyl sites for hydroxylation is 1. The van der Waals surface area contributed by atoms with E-state index in [9.17, 15) is 4.79 Å². The average molecular weight is 289 g/mol. The predicted octanol–water partition coefficient (Wildman–Crippen LogP) is 2.54. The van der Waals surface area contributed by atoms with Gasteiger partial charge < -0.3 is 20.2 Å². The number of aliphatic hydroxyl groups is 1. The number of benzene rings is 1. The summed E-state index contributed by atoms with van der Waals surface area (Å²) >= 11 is 0. The smallest absolute Gasteiger partial charge is 0.319 e. The molecule has 2 rings (SSSR count). The van der Waals surface area contributed by atoms with Crippen LogP contribution < -0.4 is 10.6 Å². The van der Waals surface area contributed by atoms with Crippen LogP contribution in [0.5, 0.6) is 0 Å². The minimum absolute atomic E-state index is 0.143. The molecule has 0 spiro atoms. The monoisotopic (exact) mass is 289 g/mol. The molecule has 112 valence electrons. The maximum absolute atomic E-state index is 11.9. The Morgan fingerprint density at radius 3 is 2.81 bits per heavy atom. The molecule has 0 bridgehead atoms. The number of carbonyl (C=O) groups is 1. The number of hydrogen-bond acceptors (Lipinski definition) is 4. The number of rotatable bonds is 4. The van der Waals surface area contributed by atoms with Gasteiger partial charge in [0, 0.05) is 11.3 Å². The number of anilines is 1. The SMILES string of the molecule is Cc1cnc(-c2cccc(NC(=O)NC(C)(C)CO)c2)o1. The second kappa shape index (κ2) is 5.97. The molecular weight excluding hydrogens is 270 g/mol. The van der Waals surface area contributed by atoms with Gasteiger partial charge in [-0.3, -0.25) is 0 Å². The first-order chi connectivity index (χ1) is 9.89. The molecule has 0 aliphatic heterocycles. The molecule has 6 heteroatoms. The van der Waals surface area contributed by atoms with Gasteiger partial charge in [-0.1, -0.05) is 6.07 Å². The molecule has 6 nitrogen and oxygen atoms in total. The number of nitrogens with zero attached hydrogens (tertiary/aromatic N) is 1. The van der Waals surface area contributed by atoms with Crippen LogP contribution in [0.2, 0.25) is 0 Å². The van der Waals surface area contributed by atoms with E-state index in [1.54, 1.807) is 32.2 Å². The summed E-state index contributed by atoms with van der Waals surface area (Å²) in [4.78, 5) is 16.0. The summed E-state index contributed by atoms with van der Waals surface area (Å²) in [5.74, 6) is 1.23. The molecule has 0 atom stereocenters. The van der Waals surface area contributed by atoms with E-state index in [0.29, 0.717) is 11.6 Å². The highest BCUT2D eigenvalue weighted by molar-refractivity contribution is 5.90. The molecule has 0 saturated carbocycles. The molecule has 0 aliphatic carbocycles. The lowest BCUT2D eigenvalue weighted by Crippen LogP contribution is -2.48. The van der Waals surface area contributed by atoms with Crippen LogP contribution in [-0.2, 0) is 0 Å². The number of hydrogen-bond donors (Lipinski definition) is 3. The summed E-state index contributed by atoms with van der Waals surface area (Å²) in [7, 11) is 0. The Kier molecular flexibility index (Phi) is 4.28. The molecule has 1 aromatic carbocycles. The number of nitrogens with one attached hydrogen (secondary N) is 2. The van der Waals surface area contributed by atoms with Crippen molar-refractivity contribution in [3.63, 3.8) is 0 Å². The van der Waals surface area contributed by atoms with E-state index < -0.39 is 5.54 Å². The molecular formula is C15H19N3O3. The van der Waals surface area contributed by atoms with E-state index >= 15 is 0 Å². The van der Waals surface area contributed by atoms with Gasteiger partial charge in [0.2, 0.25) is 5.89 Å². The number of amides is 2. The second-order valence-corrected chi connectivity index (χ2v) is 5.48. The van der Waals surface area contributed by atoms with Gasteiger partial charge in [-0.25, -0.2) is 9.78 Å². The highest BCUT2D eigenvalue weighted by Gasteiger charge is 2.19. The number of aromatic nitrogens is 1. The third-order valence-corrected chi connectivity index (χ3v) is 2.84. The van der Waals surface area contributed by atoms with Crippen LogP contribution in [0.4, 0.5) is 10.5 Å². The lowest BCUT2D eigenvalue weighted by Gasteiger charge is -2.23. The van der Waals surface area contributed by atoms with Gasteiger partial charge in [0.25, 0.3) is 0 Å². The standard InChI is InChI=1S/C15H19N3O3/c1-10-8-16-13(21-10)11-5-4-6-12(7-11)17-14(20)18-15(2,3)9-19/h4-8,19H,9H2,1-3H3,(H2,17,18,20). The lowest BCUT2D eigenvalue weighted by atomic mass is 10.1. The fourth-order valence-corrected chi connectivity index (χ4v) is 1.73. The van der Waals surface area contributed by atoms with Gasteiger partial charge in [0.05, 0.1) is 18.3 Å². The van der Waals surface area contributed by atoms with Crippen LogP contribution >= 0.6 is 0 Å². The molecule has 1 aromatic heterocycles. The molecule has 0 unspecified atom stereocenters. The molecule has 0 fully saturated rings. The molecule has 1 heterocycles. The molecule has 0 aliphatic rings. The average Bonchev–Trinajstić information content (AvgIpc) is 2.85. The first kappa shape index (κ1) is 15.1. The van der Waals surface area contributed by atoms with E-state index in [4.69, 9.17) is 9.52 Å². The minimum atomic E-state index is -0.679. The maximum Gasteiger partial charge on any atom is 0.319 e. The highest BCUT2D eigenvalue weighted by atomic mass is 16.4. The Morgan fingerprint density at radius 1 is 1.43 bits per heavy atom. The van der Waals surface area contributed by atoms with Gasteiger partial charge >= 0.3 is 6.03 Å². The summed E-state index contributed by atoms with van der Waals surface area (Å²) in [6, 6.07) is 6.82. The molecule has 0 radical (unpaired) electrons. The van der Waals surface area contributed by atoms with Crippen molar-refractivity contribution in [3.8, 4) is 11.5 Å². The zero-order chi connectivity index (χ0) is 15.5. The first-order valence-corrected chi connectivity index (χ1v) is 6.62. The van der Waals surface area contributed by atoms with Crippen molar-refractivity contribution in [2.75, 3.05) is 11.9 Å². The van der Waals surface area contributed by atoms with Crippen molar-refractivity contribution >= 4 is 11.7 Å². The van der Waals surface area contributed by atoms with Crippen molar-refractivity contribution in [1.29, 1.82) is 0 Å². The Bertz CT molecular complexity index is 635. The Hall–Kier alpha value is -2.34.